The largest absolute Gasteiger partial charge is 0.339 e. The van der Waals surface area contributed by atoms with Gasteiger partial charge in [-0.25, -0.2) is 4.98 Å². The minimum atomic E-state index is -0.121. The fraction of sp³-hybridized carbons (Fsp3) is 0.111. The number of aromatic nitrogens is 4. The molecule has 0 radical (unpaired) electrons. The van der Waals surface area contributed by atoms with Gasteiger partial charge in [0.1, 0.15) is 0 Å². The number of nitrogens with zero attached hydrogens (tertiary/aromatic N) is 4. The summed E-state index contributed by atoms with van der Waals surface area (Å²) in [7, 11) is 0. The maximum Gasteiger partial charge on any atom is 0.261 e. The lowest BCUT2D eigenvalue weighted by Gasteiger charge is -2.03. The van der Waals surface area contributed by atoms with Gasteiger partial charge in [-0.2, -0.15) is 4.98 Å². The van der Waals surface area contributed by atoms with Crippen molar-refractivity contribution in [3.63, 3.8) is 0 Å². The Morgan fingerprint density at radius 2 is 1.88 bits per heavy atom. The van der Waals surface area contributed by atoms with Crippen LogP contribution in [0.4, 0.5) is 0 Å². The minimum Gasteiger partial charge on any atom is -0.339 e. The Kier molecular flexibility index (Phi) is 4.15. The molecule has 6 nitrogen and oxygen atoms in total. The van der Waals surface area contributed by atoms with Crippen LogP contribution >= 0.6 is 15.9 Å². The van der Waals surface area contributed by atoms with Crippen LogP contribution in [0.25, 0.3) is 10.9 Å². The van der Waals surface area contributed by atoms with E-state index >= 15 is 0 Å². The molecule has 25 heavy (non-hydrogen) atoms. The molecule has 0 N–H and O–H groups in total. The van der Waals surface area contributed by atoms with E-state index in [1.165, 1.54) is 10.9 Å². The fourth-order valence-electron chi connectivity index (χ4n) is 2.57. The second-order valence-corrected chi connectivity index (χ2v) is 6.52. The predicted molar refractivity (Wildman–Crippen MR) is 96.4 cm³/mol. The lowest BCUT2D eigenvalue weighted by Crippen LogP contribution is -2.21. The third kappa shape index (κ3) is 3.36. The zero-order valence-electron chi connectivity index (χ0n) is 13.1. The molecule has 7 heteroatoms. The topological polar surface area (TPSA) is 73.8 Å². The maximum absolute atomic E-state index is 12.5. The molecule has 124 valence electrons. The number of halogens is 1. The molecule has 0 aliphatic carbocycles. The van der Waals surface area contributed by atoms with Gasteiger partial charge in [0.15, 0.2) is 5.82 Å². The SMILES string of the molecule is O=c1c2ccccc2ncn1Cc1noc(Cc2ccc(Br)cc2)n1. The van der Waals surface area contributed by atoms with E-state index in [9.17, 15) is 4.79 Å². The van der Waals surface area contributed by atoms with Gasteiger partial charge >= 0.3 is 0 Å². The highest BCUT2D eigenvalue weighted by molar-refractivity contribution is 9.10. The van der Waals surface area contributed by atoms with Crippen molar-refractivity contribution in [2.75, 3.05) is 0 Å². The lowest BCUT2D eigenvalue weighted by atomic mass is 10.1. The summed E-state index contributed by atoms with van der Waals surface area (Å²) in [5.74, 6) is 0.963. The minimum absolute atomic E-state index is 0.121. The van der Waals surface area contributed by atoms with Gasteiger partial charge in [-0.05, 0) is 29.8 Å². The summed E-state index contributed by atoms with van der Waals surface area (Å²) >= 11 is 3.41. The fourth-order valence-corrected chi connectivity index (χ4v) is 2.84. The summed E-state index contributed by atoms with van der Waals surface area (Å²) in [6, 6.07) is 15.2. The van der Waals surface area contributed by atoms with Crippen molar-refractivity contribution < 1.29 is 4.52 Å². The van der Waals surface area contributed by atoms with Crippen molar-refractivity contribution in [2.24, 2.45) is 0 Å². The Labute approximate surface area is 151 Å². The number of hydrogen-bond acceptors (Lipinski definition) is 5. The molecule has 2 aromatic carbocycles. The summed E-state index contributed by atoms with van der Waals surface area (Å²) < 4.78 is 7.79. The van der Waals surface area contributed by atoms with Gasteiger partial charge in [0.2, 0.25) is 5.89 Å². The zero-order valence-corrected chi connectivity index (χ0v) is 14.7. The predicted octanol–water partition coefficient (Wildman–Crippen LogP) is 3.18. The van der Waals surface area contributed by atoms with Crippen molar-refractivity contribution >= 4 is 26.8 Å². The van der Waals surface area contributed by atoms with Crippen LogP contribution in [0.5, 0.6) is 0 Å². The van der Waals surface area contributed by atoms with Crippen LogP contribution in [0.15, 0.2) is 68.6 Å². The number of fused-ring (bicyclic) bond motifs is 1. The van der Waals surface area contributed by atoms with Gasteiger partial charge in [0, 0.05) is 4.47 Å². The van der Waals surface area contributed by atoms with Gasteiger partial charge in [0.25, 0.3) is 5.56 Å². The molecular formula is C18H13BrN4O2. The van der Waals surface area contributed by atoms with Crippen LogP contribution < -0.4 is 5.56 Å². The summed E-state index contributed by atoms with van der Waals surface area (Å²) in [5.41, 5.74) is 1.63. The highest BCUT2D eigenvalue weighted by atomic mass is 79.9. The van der Waals surface area contributed by atoms with E-state index in [1.807, 2.05) is 42.5 Å². The summed E-state index contributed by atoms with van der Waals surface area (Å²) in [6.45, 7) is 0.223. The molecular weight excluding hydrogens is 384 g/mol. The second-order valence-electron chi connectivity index (χ2n) is 5.60. The Morgan fingerprint density at radius 1 is 1.08 bits per heavy atom. The summed E-state index contributed by atoms with van der Waals surface area (Å²) in [5, 5.41) is 4.54. The Morgan fingerprint density at radius 3 is 2.72 bits per heavy atom. The summed E-state index contributed by atoms with van der Waals surface area (Å²) in [4.78, 5) is 21.2. The van der Waals surface area contributed by atoms with E-state index < -0.39 is 0 Å². The highest BCUT2D eigenvalue weighted by Gasteiger charge is 2.10. The van der Waals surface area contributed by atoms with Crippen molar-refractivity contribution in [1.82, 2.24) is 19.7 Å². The maximum atomic E-state index is 12.5. The van der Waals surface area contributed by atoms with E-state index in [-0.39, 0.29) is 12.1 Å². The van der Waals surface area contributed by atoms with E-state index in [0.29, 0.717) is 29.0 Å². The molecule has 0 saturated carbocycles. The quantitative estimate of drug-likeness (QED) is 0.529. The van der Waals surface area contributed by atoms with Crippen LogP contribution in [-0.4, -0.2) is 19.7 Å². The van der Waals surface area contributed by atoms with Gasteiger partial charge in [-0.1, -0.05) is 45.4 Å². The molecule has 0 saturated heterocycles. The Hall–Kier alpha value is -2.80. The molecule has 0 aliphatic heterocycles. The van der Waals surface area contributed by atoms with Gasteiger partial charge in [-0.3, -0.25) is 9.36 Å². The smallest absolute Gasteiger partial charge is 0.261 e. The van der Waals surface area contributed by atoms with Gasteiger partial charge in [-0.15, -0.1) is 0 Å². The molecule has 0 fully saturated rings. The molecule has 0 spiro atoms. The molecule has 2 heterocycles. The number of para-hydroxylation sites is 1. The average Bonchev–Trinajstić information content (AvgIpc) is 3.07. The lowest BCUT2D eigenvalue weighted by molar-refractivity contribution is 0.378. The number of hydrogen-bond donors (Lipinski definition) is 0. The first kappa shape index (κ1) is 15.7. The zero-order chi connectivity index (χ0) is 17.2. The van der Waals surface area contributed by atoms with Crippen LogP contribution in [0.1, 0.15) is 17.3 Å². The molecule has 2 aromatic heterocycles. The standard InChI is InChI=1S/C18H13BrN4O2/c19-13-7-5-12(6-8-13)9-17-21-16(22-25-17)10-23-11-20-15-4-2-1-3-14(15)18(23)24/h1-8,11H,9-10H2. The molecule has 0 amide bonds. The van der Waals surface area contributed by atoms with Crippen molar-refractivity contribution in [1.29, 1.82) is 0 Å². The van der Waals surface area contributed by atoms with Crippen molar-refractivity contribution in [2.45, 2.75) is 13.0 Å². The Bertz CT molecular complexity index is 1090. The molecule has 0 atom stereocenters. The van der Waals surface area contributed by atoms with Crippen LogP contribution in [0.3, 0.4) is 0 Å². The van der Waals surface area contributed by atoms with Gasteiger partial charge in [0.05, 0.1) is 30.2 Å². The number of benzene rings is 2. The van der Waals surface area contributed by atoms with Gasteiger partial charge < -0.3 is 4.52 Å². The Balaban J connectivity index is 1.56. The van der Waals surface area contributed by atoms with Crippen molar-refractivity contribution in [3.05, 3.63) is 87.0 Å². The van der Waals surface area contributed by atoms with Crippen LogP contribution in [-0.2, 0) is 13.0 Å². The highest BCUT2D eigenvalue weighted by Crippen LogP contribution is 2.13. The van der Waals surface area contributed by atoms with E-state index in [0.717, 1.165) is 10.0 Å². The van der Waals surface area contributed by atoms with E-state index in [4.69, 9.17) is 4.52 Å². The molecule has 0 unspecified atom stereocenters. The first-order valence-corrected chi connectivity index (χ1v) is 8.48. The van der Waals surface area contributed by atoms with E-state index in [1.54, 1.807) is 6.07 Å². The monoisotopic (exact) mass is 396 g/mol. The molecule has 0 aliphatic rings. The molecule has 4 aromatic rings. The summed E-state index contributed by atoms with van der Waals surface area (Å²) in [6.07, 6.45) is 2.06. The number of rotatable bonds is 4. The average molecular weight is 397 g/mol. The third-order valence-electron chi connectivity index (χ3n) is 3.82. The van der Waals surface area contributed by atoms with Crippen LogP contribution in [0, 0.1) is 0 Å². The molecule has 4 rings (SSSR count). The third-order valence-corrected chi connectivity index (χ3v) is 4.35. The second kappa shape index (κ2) is 6.60. The van der Waals surface area contributed by atoms with Crippen molar-refractivity contribution in [3.8, 4) is 0 Å². The molecule has 0 bridgehead atoms. The van der Waals surface area contributed by atoms with Crippen LogP contribution in [0.2, 0.25) is 0 Å². The first-order chi connectivity index (χ1) is 12.2. The van der Waals surface area contributed by atoms with E-state index in [2.05, 4.69) is 31.1 Å². The first-order valence-electron chi connectivity index (χ1n) is 7.69. The normalized spacial score (nSPS) is 11.1.